The van der Waals surface area contributed by atoms with Gasteiger partial charge in [-0.2, -0.15) is 0 Å². The van der Waals surface area contributed by atoms with Gasteiger partial charge in [0.05, 0.1) is 0 Å². The molecule has 6 nitrogen and oxygen atoms in total. The van der Waals surface area contributed by atoms with E-state index in [0.717, 1.165) is 43.8 Å². The van der Waals surface area contributed by atoms with Gasteiger partial charge in [-0.05, 0) is 49.3 Å². The van der Waals surface area contributed by atoms with Crippen molar-refractivity contribution >= 4 is 23.5 Å². The molecular weight excluding hydrogens is 400 g/mol. The lowest BCUT2D eigenvalue weighted by Crippen LogP contribution is -2.55. The van der Waals surface area contributed by atoms with Crippen molar-refractivity contribution in [1.29, 1.82) is 0 Å². The molecule has 32 heavy (non-hydrogen) atoms. The van der Waals surface area contributed by atoms with E-state index in [2.05, 4.69) is 27.8 Å². The van der Waals surface area contributed by atoms with Gasteiger partial charge in [0, 0.05) is 25.2 Å². The largest absolute Gasteiger partial charge is 0.322 e. The molecule has 0 radical (unpaired) electrons. The Labute approximate surface area is 190 Å². The first-order chi connectivity index (χ1) is 15.7. The normalized spacial score (nSPS) is 21.6. The molecule has 2 heterocycles. The van der Waals surface area contributed by atoms with Gasteiger partial charge in [0.25, 0.3) is 0 Å². The molecule has 0 saturated carbocycles. The number of likely N-dealkylation sites (tertiary alicyclic amines) is 1. The van der Waals surface area contributed by atoms with Crippen LogP contribution < -0.4 is 10.6 Å². The number of urea groups is 1. The number of hydrogen-bond acceptors (Lipinski definition) is 3. The van der Waals surface area contributed by atoms with Crippen molar-refractivity contribution in [2.45, 2.75) is 56.9 Å². The second-order valence-corrected chi connectivity index (χ2v) is 8.62. The Morgan fingerprint density at radius 2 is 1.59 bits per heavy atom. The van der Waals surface area contributed by atoms with Crippen molar-refractivity contribution in [3.8, 4) is 0 Å². The molecule has 2 aliphatic heterocycles. The first-order valence-corrected chi connectivity index (χ1v) is 11.7. The van der Waals surface area contributed by atoms with E-state index in [1.54, 1.807) is 4.90 Å². The molecule has 0 spiro atoms. The zero-order valence-corrected chi connectivity index (χ0v) is 18.5. The van der Waals surface area contributed by atoms with Crippen molar-refractivity contribution in [1.82, 2.24) is 10.2 Å². The molecule has 0 aromatic heterocycles. The number of rotatable bonds is 3. The molecule has 2 N–H and O–H groups in total. The van der Waals surface area contributed by atoms with Crippen molar-refractivity contribution in [3.05, 3.63) is 66.2 Å². The van der Waals surface area contributed by atoms with Crippen LogP contribution in [-0.4, -0.2) is 41.8 Å². The summed E-state index contributed by atoms with van der Waals surface area (Å²) in [5, 5.41) is 6.02. The van der Waals surface area contributed by atoms with E-state index >= 15 is 0 Å². The number of anilines is 1. The zero-order valence-electron chi connectivity index (χ0n) is 18.5. The van der Waals surface area contributed by atoms with Gasteiger partial charge >= 0.3 is 6.03 Å². The molecule has 2 aromatic carbocycles. The number of nitrogens with one attached hydrogen (secondary N) is 2. The molecule has 1 saturated heterocycles. The topological polar surface area (TPSA) is 73.8 Å². The summed E-state index contributed by atoms with van der Waals surface area (Å²) >= 11 is 0. The van der Waals surface area contributed by atoms with Crippen LogP contribution >= 0.6 is 0 Å². The highest BCUT2D eigenvalue weighted by atomic mass is 16.2. The third-order valence-electron chi connectivity index (χ3n) is 6.35. The SMILES string of the molecule is O=C(NC1=NCCCCCC1)C1CC(c2ccccc2)CCN1C(=O)Nc1ccccc1. The number of amides is 3. The molecule has 2 unspecified atom stereocenters. The number of benzene rings is 2. The average molecular weight is 433 g/mol. The molecular formula is C26H32N4O2. The number of aliphatic imine (C=N–C) groups is 1. The minimum Gasteiger partial charge on any atom is -0.313 e. The van der Waals surface area contributed by atoms with E-state index in [-0.39, 0.29) is 17.9 Å². The third kappa shape index (κ3) is 5.75. The van der Waals surface area contributed by atoms with Crippen molar-refractivity contribution in [2.75, 3.05) is 18.4 Å². The van der Waals surface area contributed by atoms with E-state index in [4.69, 9.17) is 0 Å². The fourth-order valence-electron chi connectivity index (χ4n) is 4.58. The molecule has 1 fully saturated rings. The minimum absolute atomic E-state index is 0.131. The summed E-state index contributed by atoms with van der Waals surface area (Å²) in [7, 11) is 0. The number of piperidine rings is 1. The van der Waals surface area contributed by atoms with Gasteiger partial charge in [0.15, 0.2) is 0 Å². The predicted molar refractivity (Wildman–Crippen MR) is 128 cm³/mol. The van der Waals surface area contributed by atoms with Gasteiger partial charge < -0.3 is 15.5 Å². The predicted octanol–water partition coefficient (Wildman–Crippen LogP) is 4.95. The maximum atomic E-state index is 13.4. The van der Waals surface area contributed by atoms with E-state index in [1.807, 2.05) is 48.5 Å². The smallest absolute Gasteiger partial charge is 0.313 e. The van der Waals surface area contributed by atoms with Crippen LogP contribution in [0.1, 0.15) is 56.4 Å². The number of para-hydroxylation sites is 1. The van der Waals surface area contributed by atoms with Crippen molar-refractivity contribution in [2.24, 2.45) is 4.99 Å². The fourth-order valence-corrected chi connectivity index (χ4v) is 4.58. The first-order valence-electron chi connectivity index (χ1n) is 11.7. The van der Waals surface area contributed by atoms with Crippen molar-refractivity contribution in [3.63, 3.8) is 0 Å². The monoisotopic (exact) mass is 432 g/mol. The molecule has 3 amide bonds. The summed E-state index contributed by atoms with van der Waals surface area (Å²) in [6, 6.07) is 18.9. The lowest BCUT2D eigenvalue weighted by Gasteiger charge is -2.38. The van der Waals surface area contributed by atoms with Crippen LogP contribution in [0.15, 0.2) is 65.7 Å². The highest BCUT2D eigenvalue weighted by Gasteiger charge is 2.37. The fraction of sp³-hybridized carbons (Fsp3) is 0.423. The summed E-state index contributed by atoms with van der Waals surface area (Å²) in [4.78, 5) is 32.8. The maximum absolute atomic E-state index is 13.4. The van der Waals surface area contributed by atoms with Gasteiger partial charge in [-0.15, -0.1) is 0 Å². The van der Waals surface area contributed by atoms with Crippen LogP contribution in [-0.2, 0) is 4.79 Å². The van der Waals surface area contributed by atoms with E-state index in [1.165, 1.54) is 18.4 Å². The number of nitrogens with zero attached hydrogens (tertiary/aromatic N) is 2. The highest BCUT2D eigenvalue weighted by molar-refractivity contribution is 6.02. The Bertz CT molecular complexity index is 929. The number of hydrogen-bond donors (Lipinski definition) is 2. The van der Waals surface area contributed by atoms with Gasteiger partial charge in [0.1, 0.15) is 11.9 Å². The maximum Gasteiger partial charge on any atom is 0.322 e. The summed E-state index contributed by atoms with van der Waals surface area (Å²) < 4.78 is 0. The Kier molecular flexibility index (Phi) is 7.54. The van der Waals surface area contributed by atoms with Gasteiger partial charge in [-0.1, -0.05) is 61.4 Å². The summed E-state index contributed by atoms with van der Waals surface area (Å²) in [5.41, 5.74) is 1.95. The Balaban J connectivity index is 1.51. The van der Waals surface area contributed by atoms with Crippen LogP contribution in [0.4, 0.5) is 10.5 Å². The van der Waals surface area contributed by atoms with Crippen LogP contribution in [0.5, 0.6) is 0 Å². The summed E-state index contributed by atoms with van der Waals surface area (Å²) in [5.74, 6) is 0.875. The number of carbonyl (C=O) groups excluding carboxylic acids is 2. The zero-order chi connectivity index (χ0) is 22.2. The lowest BCUT2D eigenvalue weighted by molar-refractivity contribution is -0.125. The molecule has 4 rings (SSSR count). The second kappa shape index (κ2) is 10.9. The van der Waals surface area contributed by atoms with Crippen LogP contribution in [0.2, 0.25) is 0 Å². The van der Waals surface area contributed by atoms with Gasteiger partial charge in [-0.3, -0.25) is 9.79 Å². The Morgan fingerprint density at radius 3 is 2.38 bits per heavy atom. The quantitative estimate of drug-likeness (QED) is 0.720. The van der Waals surface area contributed by atoms with E-state index in [9.17, 15) is 9.59 Å². The highest BCUT2D eigenvalue weighted by Crippen LogP contribution is 2.32. The third-order valence-corrected chi connectivity index (χ3v) is 6.35. The molecule has 6 heteroatoms. The van der Waals surface area contributed by atoms with Crippen LogP contribution in [0, 0.1) is 0 Å². The average Bonchev–Trinajstić information content (AvgIpc) is 2.81. The second-order valence-electron chi connectivity index (χ2n) is 8.62. The van der Waals surface area contributed by atoms with Crippen molar-refractivity contribution < 1.29 is 9.59 Å². The van der Waals surface area contributed by atoms with Gasteiger partial charge in [0.2, 0.25) is 5.91 Å². The van der Waals surface area contributed by atoms with E-state index < -0.39 is 6.04 Å². The minimum atomic E-state index is -0.536. The van der Waals surface area contributed by atoms with Crippen LogP contribution in [0.25, 0.3) is 0 Å². The molecule has 2 atom stereocenters. The van der Waals surface area contributed by atoms with Crippen LogP contribution in [0.3, 0.4) is 0 Å². The summed E-state index contributed by atoms with van der Waals surface area (Å²) in [6.07, 6.45) is 6.68. The first kappa shape index (κ1) is 22.1. The molecule has 2 aliphatic rings. The number of carbonyl (C=O) groups is 2. The Morgan fingerprint density at radius 1 is 0.875 bits per heavy atom. The molecule has 2 aromatic rings. The molecule has 168 valence electrons. The lowest BCUT2D eigenvalue weighted by atomic mass is 9.85. The van der Waals surface area contributed by atoms with Gasteiger partial charge in [-0.25, -0.2) is 4.79 Å². The Hall–Kier alpha value is -3.15. The van der Waals surface area contributed by atoms with E-state index in [0.29, 0.717) is 13.0 Å². The number of amidine groups is 1. The molecule has 0 bridgehead atoms. The standard InChI is InChI=1S/C26H32N4O2/c31-25(29-24-15-9-1-2-10-17-27-24)23-19-21(20-11-5-3-6-12-20)16-18-30(23)26(32)28-22-13-7-4-8-14-22/h3-8,11-14,21,23H,1-2,9-10,15-19H2,(H,28,32)(H,27,29,31). The molecule has 0 aliphatic carbocycles. The summed E-state index contributed by atoms with van der Waals surface area (Å²) in [6.45, 7) is 1.29.